The van der Waals surface area contributed by atoms with Gasteiger partial charge in [0, 0.05) is 0 Å². The molecule has 1 aliphatic rings. The number of halogens is 1. The third-order valence-electron chi connectivity index (χ3n) is 3.82. The Hall–Kier alpha value is -2.60. The quantitative estimate of drug-likeness (QED) is 0.935. The molecule has 0 bridgehead atoms. The van der Waals surface area contributed by atoms with Gasteiger partial charge in [0.05, 0.1) is 13.1 Å². The minimum Gasteiger partial charge on any atom is -0.483 e. The van der Waals surface area contributed by atoms with Gasteiger partial charge < -0.3 is 19.5 Å². The molecule has 0 unspecified atom stereocenters. The second-order valence-electron chi connectivity index (χ2n) is 5.60. The standard InChI is InChI=1S/C18H18FNO4/c19-14-8-4-5-9-16(14)24-17-11-20(10-15(17)21)18(22)23-12-13-6-2-1-3-7-13/h1-9,15,17,21H,10-12H2/t15-,17-/m1/s1. The summed E-state index contributed by atoms with van der Waals surface area (Å²) in [6.45, 7) is 0.390. The molecule has 1 fully saturated rings. The molecule has 24 heavy (non-hydrogen) atoms. The van der Waals surface area contributed by atoms with Crippen LogP contribution in [0.15, 0.2) is 54.6 Å². The molecular formula is C18H18FNO4. The van der Waals surface area contributed by atoms with Crippen LogP contribution in [0.5, 0.6) is 5.75 Å². The first-order chi connectivity index (χ1) is 11.6. The average molecular weight is 331 g/mol. The van der Waals surface area contributed by atoms with Crippen LogP contribution in [0.25, 0.3) is 0 Å². The molecule has 0 aromatic heterocycles. The smallest absolute Gasteiger partial charge is 0.410 e. The molecule has 2 aromatic carbocycles. The van der Waals surface area contributed by atoms with E-state index in [-0.39, 0.29) is 25.4 Å². The summed E-state index contributed by atoms with van der Waals surface area (Å²) in [4.78, 5) is 13.5. The van der Waals surface area contributed by atoms with Crippen molar-refractivity contribution in [1.29, 1.82) is 0 Å². The molecule has 3 rings (SSSR count). The number of β-amino-alcohol motifs (C(OH)–C–C–N with tert-alkyl or cyclic N) is 1. The Balaban J connectivity index is 1.55. The van der Waals surface area contributed by atoms with Gasteiger partial charge in [-0.15, -0.1) is 0 Å². The van der Waals surface area contributed by atoms with E-state index in [1.165, 1.54) is 17.0 Å². The van der Waals surface area contributed by atoms with Gasteiger partial charge >= 0.3 is 6.09 Å². The van der Waals surface area contributed by atoms with E-state index in [1.54, 1.807) is 12.1 Å². The highest BCUT2D eigenvalue weighted by Gasteiger charge is 2.36. The molecule has 5 nitrogen and oxygen atoms in total. The highest BCUT2D eigenvalue weighted by atomic mass is 19.1. The number of likely N-dealkylation sites (tertiary alicyclic amines) is 1. The van der Waals surface area contributed by atoms with Crippen LogP contribution in [0.2, 0.25) is 0 Å². The fraction of sp³-hybridized carbons (Fsp3) is 0.278. The number of hydrogen-bond acceptors (Lipinski definition) is 4. The maximum Gasteiger partial charge on any atom is 0.410 e. The van der Waals surface area contributed by atoms with E-state index in [0.29, 0.717) is 0 Å². The van der Waals surface area contributed by atoms with Gasteiger partial charge in [-0.25, -0.2) is 9.18 Å². The number of ether oxygens (including phenoxy) is 2. The largest absolute Gasteiger partial charge is 0.483 e. The van der Waals surface area contributed by atoms with Crippen LogP contribution >= 0.6 is 0 Å². The van der Waals surface area contributed by atoms with E-state index in [9.17, 15) is 14.3 Å². The van der Waals surface area contributed by atoms with Crippen LogP contribution in [0.4, 0.5) is 9.18 Å². The maximum atomic E-state index is 13.6. The van der Waals surface area contributed by atoms with Crippen molar-refractivity contribution in [2.24, 2.45) is 0 Å². The van der Waals surface area contributed by atoms with E-state index < -0.39 is 24.1 Å². The predicted molar refractivity (Wildman–Crippen MR) is 85.0 cm³/mol. The Bertz CT molecular complexity index is 694. The van der Waals surface area contributed by atoms with Gasteiger partial charge in [0.15, 0.2) is 11.6 Å². The summed E-state index contributed by atoms with van der Waals surface area (Å²) in [6.07, 6.45) is -2.11. The van der Waals surface area contributed by atoms with E-state index in [1.807, 2.05) is 30.3 Å². The zero-order chi connectivity index (χ0) is 16.9. The van der Waals surface area contributed by atoms with Crippen molar-refractivity contribution in [2.45, 2.75) is 18.8 Å². The summed E-state index contributed by atoms with van der Waals surface area (Å²) in [6, 6.07) is 15.3. The molecule has 1 aliphatic heterocycles. The third-order valence-corrected chi connectivity index (χ3v) is 3.82. The molecule has 1 N–H and O–H groups in total. The fourth-order valence-corrected chi connectivity index (χ4v) is 2.54. The summed E-state index contributed by atoms with van der Waals surface area (Å²) < 4.78 is 24.3. The van der Waals surface area contributed by atoms with Crippen molar-refractivity contribution in [3.8, 4) is 5.75 Å². The van der Waals surface area contributed by atoms with Crippen LogP contribution < -0.4 is 4.74 Å². The van der Waals surface area contributed by atoms with Crippen molar-refractivity contribution in [2.75, 3.05) is 13.1 Å². The lowest BCUT2D eigenvalue weighted by atomic mass is 10.2. The number of rotatable bonds is 4. The van der Waals surface area contributed by atoms with Crippen LogP contribution in [0.1, 0.15) is 5.56 Å². The number of nitrogens with zero attached hydrogens (tertiary/aromatic N) is 1. The molecule has 6 heteroatoms. The van der Waals surface area contributed by atoms with Crippen molar-refractivity contribution < 1.29 is 23.8 Å². The molecule has 0 aliphatic carbocycles. The molecule has 0 spiro atoms. The minimum absolute atomic E-state index is 0.0565. The first kappa shape index (κ1) is 16.3. The number of aliphatic hydroxyl groups is 1. The Labute approximate surface area is 139 Å². The Morgan fingerprint density at radius 3 is 2.58 bits per heavy atom. The Morgan fingerprint density at radius 2 is 1.83 bits per heavy atom. The number of hydrogen-bond donors (Lipinski definition) is 1. The Kier molecular flexibility index (Phi) is 4.96. The summed E-state index contributed by atoms with van der Waals surface area (Å²) in [5.41, 5.74) is 0.879. The van der Waals surface area contributed by atoms with Crippen molar-refractivity contribution in [3.05, 3.63) is 66.0 Å². The van der Waals surface area contributed by atoms with Gasteiger partial charge in [-0.05, 0) is 17.7 Å². The predicted octanol–water partition coefficient (Wildman–Crippen LogP) is 2.59. The summed E-state index contributed by atoms with van der Waals surface area (Å²) in [7, 11) is 0. The van der Waals surface area contributed by atoms with Crippen LogP contribution in [0.3, 0.4) is 0 Å². The lowest BCUT2D eigenvalue weighted by Gasteiger charge is -2.17. The first-order valence-electron chi connectivity index (χ1n) is 7.68. The van der Waals surface area contributed by atoms with Gasteiger partial charge in [0.2, 0.25) is 0 Å². The van der Waals surface area contributed by atoms with E-state index >= 15 is 0 Å². The van der Waals surface area contributed by atoms with Crippen molar-refractivity contribution >= 4 is 6.09 Å². The SMILES string of the molecule is O=C(OCc1ccccc1)N1C[C@@H](O)[C@H](Oc2ccccc2F)C1. The number of carbonyl (C=O) groups is 1. The third kappa shape index (κ3) is 3.83. The molecule has 1 heterocycles. The highest BCUT2D eigenvalue weighted by Crippen LogP contribution is 2.22. The van der Waals surface area contributed by atoms with Crippen LogP contribution in [-0.4, -0.2) is 41.4 Å². The molecule has 0 saturated carbocycles. The Morgan fingerprint density at radius 1 is 1.12 bits per heavy atom. The second kappa shape index (κ2) is 7.31. The van der Waals surface area contributed by atoms with Crippen LogP contribution in [0, 0.1) is 5.82 Å². The maximum absolute atomic E-state index is 13.6. The van der Waals surface area contributed by atoms with Crippen LogP contribution in [-0.2, 0) is 11.3 Å². The van der Waals surface area contributed by atoms with Crippen molar-refractivity contribution in [1.82, 2.24) is 4.90 Å². The minimum atomic E-state index is -0.895. The monoisotopic (exact) mass is 331 g/mol. The van der Waals surface area contributed by atoms with Gasteiger partial charge in [0.1, 0.15) is 18.8 Å². The zero-order valence-corrected chi connectivity index (χ0v) is 13.0. The average Bonchev–Trinajstić information content (AvgIpc) is 2.96. The summed E-state index contributed by atoms with van der Waals surface area (Å²) in [5, 5.41) is 10.0. The number of benzene rings is 2. The van der Waals surface area contributed by atoms with E-state index in [2.05, 4.69) is 0 Å². The lowest BCUT2D eigenvalue weighted by molar-refractivity contribution is 0.0709. The second-order valence-corrected chi connectivity index (χ2v) is 5.60. The number of carbonyl (C=O) groups excluding carboxylic acids is 1. The molecular weight excluding hydrogens is 313 g/mol. The van der Waals surface area contributed by atoms with Gasteiger partial charge in [-0.1, -0.05) is 42.5 Å². The molecule has 1 amide bonds. The molecule has 1 saturated heterocycles. The van der Waals surface area contributed by atoms with Crippen molar-refractivity contribution in [3.63, 3.8) is 0 Å². The van der Waals surface area contributed by atoms with E-state index in [0.717, 1.165) is 5.56 Å². The topological polar surface area (TPSA) is 59.0 Å². The zero-order valence-electron chi connectivity index (χ0n) is 13.0. The summed E-state index contributed by atoms with van der Waals surface area (Å²) in [5.74, 6) is -0.448. The molecule has 126 valence electrons. The highest BCUT2D eigenvalue weighted by molar-refractivity contribution is 5.68. The first-order valence-corrected chi connectivity index (χ1v) is 7.68. The molecule has 0 radical (unpaired) electrons. The fourth-order valence-electron chi connectivity index (χ4n) is 2.54. The summed E-state index contributed by atoms with van der Waals surface area (Å²) >= 11 is 0. The lowest BCUT2D eigenvalue weighted by Crippen LogP contribution is -2.31. The molecule has 2 atom stereocenters. The van der Waals surface area contributed by atoms with Gasteiger partial charge in [-0.2, -0.15) is 0 Å². The van der Waals surface area contributed by atoms with E-state index in [4.69, 9.17) is 9.47 Å². The number of amides is 1. The van der Waals surface area contributed by atoms with Gasteiger partial charge in [-0.3, -0.25) is 0 Å². The number of aliphatic hydroxyl groups excluding tert-OH is 1. The normalized spacial score (nSPS) is 20.0. The molecule has 2 aromatic rings. The van der Waals surface area contributed by atoms with Gasteiger partial charge in [0.25, 0.3) is 0 Å². The number of para-hydroxylation sites is 1.